The van der Waals surface area contributed by atoms with Crippen LogP contribution in [0.3, 0.4) is 0 Å². The third-order valence-electron chi connectivity index (χ3n) is 11.9. The van der Waals surface area contributed by atoms with Gasteiger partial charge in [-0.1, -0.05) is 140 Å². The van der Waals surface area contributed by atoms with Crippen molar-refractivity contribution in [2.75, 3.05) is 0 Å². The number of hydrogen-bond acceptors (Lipinski definition) is 5. The Morgan fingerprint density at radius 1 is 0.350 bits per heavy atom. The summed E-state index contributed by atoms with van der Waals surface area (Å²) in [6.07, 6.45) is 0. The van der Waals surface area contributed by atoms with E-state index >= 15 is 0 Å². The van der Waals surface area contributed by atoms with Crippen molar-refractivity contribution in [2.24, 2.45) is 0 Å². The molecule has 0 unspecified atom stereocenters. The lowest BCUT2D eigenvalue weighted by molar-refractivity contribution is 1.07. The highest BCUT2D eigenvalue weighted by molar-refractivity contribution is 7.26. The molecular weight excluding hydrogens is 751 g/mol. The molecule has 0 N–H and O–H groups in total. The average molecular weight is 782 g/mol. The average Bonchev–Trinajstić information content (AvgIpc) is 3.87. The van der Waals surface area contributed by atoms with Crippen LogP contribution in [0, 0.1) is 0 Å². The largest absolute Gasteiger partial charge is 0.291 e. The van der Waals surface area contributed by atoms with E-state index in [9.17, 15) is 0 Å². The first-order valence-electron chi connectivity index (χ1n) is 20.1. The summed E-state index contributed by atoms with van der Waals surface area (Å²) in [5.74, 6) is 1.90. The van der Waals surface area contributed by atoms with Crippen LogP contribution in [0.4, 0.5) is 0 Å². The van der Waals surface area contributed by atoms with Crippen LogP contribution in [0.2, 0.25) is 0 Å². The van der Waals surface area contributed by atoms with Gasteiger partial charge in [0.25, 0.3) is 0 Å². The standard InChI is InChI=1S/C54H31N5S/c1-3-11-36-25-40(23-17-32(36)9-1)52-56-51(57-53(58-52)41-24-18-33-10-2-4-12-37(33)26-41)35-21-19-34(20-22-35)47-31-45-44-15-7-8-16-49(44)60-50(45)54-55-46-29-42-27-38-13-5-6-14-39(38)28-43(42)30-48(46)59(47)54/h1-31H. The van der Waals surface area contributed by atoms with E-state index in [4.69, 9.17) is 19.9 Å². The van der Waals surface area contributed by atoms with Gasteiger partial charge in [-0.15, -0.1) is 11.3 Å². The Balaban J connectivity index is 1.00. The SMILES string of the molecule is c1ccc2cc(-c3nc(-c4ccc(-c5cc6c7ccccc7sc6c6nc7cc8cc9ccccc9cc8cc7n56)cc4)nc(-c4ccc5ccccc5c4)n3)ccc2c1. The Hall–Kier alpha value is -7.80. The van der Waals surface area contributed by atoms with Crippen molar-refractivity contribution in [2.45, 2.75) is 0 Å². The lowest BCUT2D eigenvalue weighted by Crippen LogP contribution is -2.00. The molecule has 13 aromatic rings. The van der Waals surface area contributed by atoms with Crippen molar-refractivity contribution < 1.29 is 0 Å². The van der Waals surface area contributed by atoms with E-state index in [-0.39, 0.29) is 0 Å². The minimum absolute atomic E-state index is 0.624. The Kier molecular flexibility index (Phi) is 7.11. The maximum Gasteiger partial charge on any atom is 0.164 e. The van der Waals surface area contributed by atoms with Gasteiger partial charge in [0.1, 0.15) is 0 Å². The molecule has 0 saturated carbocycles. The van der Waals surface area contributed by atoms with Crippen LogP contribution in [0.15, 0.2) is 188 Å². The van der Waals surface area contributed by atoms with Crippen molar-refractivity contribution in [3.05, 3.63) is 188 Å². The number of imidazole rings is 1. The summed E-state index contributed by atoms with van der Waals surface area (Å²) in [7, 11) is 0. The van der Waals surface area contributed by atoms with Crippen molar-refractivity contribution in [3.8, 4) is 45.4 Å². The Bertz CT molecular complexity index is 3800. The molecule has 0 bridgehead atoms. The fraction of sp³-hybridized carbons (Fsp3) is 0. The summed E-state index contributed by atoms with van der Waals surface area (Å²) in [5.41, 5.74) is 8.01. The smallest absolute Gasteiger partial charge is 0.164 e. The minimum atomic E-state index is 0.624. The third-order valence-corrected chi connectivity index (χ3v) is 13.1. The Morgan fingerprint density at radius 2 is 0.850 bits per heavy atom. The number of hydrogen-bond donors (Lipinski definition) is 0. The Labute approximate surface area is 347 Å². The van der Waals surface area contributed by atoms with Crippen LogP contribution >= 0.6 is 11.3 Å². The van der Waals surface area contributed by atoms with Crippen LogP contribution in [0.1, 0.15) is 0 Å². The fourth-order valence-electron chi connectivity index (χ4n) is 8.91. The third kappa shape index (κ3) is 5.25. The highest BCUT2D eigenvalue weighted by Crippen LogP contribution is 2.41. The summed E-state index contributed by atoms with van der Waals surface area (Å²) >= 11 is 1.81. The normalized spacial score (nSPS) is 12.0. The van der Waals surface area contributed by atoms with Crippen LogP contribution in [0.5, 0.6) is 0 Å². The molecule has 60 heavy (non-hydrogen) atoms. The van der Waals surface area contributed by atoms with E-state index < -0.39 is 0 Å². The van der Waals surface area contributed by atoms with E-state index in [0.29, 0.717) is 17.5 Å². The lowest BCUT2D eigenvalue weighted by Gasteiger charge is -2.12. The van der Waals surface area contributed by atoms with Gasteiger partial charge < -0.3 is 0 Å². The number of rotatable bonds is 4. The molecule has 9 aromatic carbocycles. The fourth-order valence-corrected chi connectivity index (χ4v) is 10.1. The molecule has 278 valence electrons. The number of thiophene rings is 1. The van der Waals surface area contributed by atoms with E-state index in [2.05, 4.69) is 192 Å². The van der Waals surface area contributed by atoms with Gasteiger partial charge in [0.05, 0.1) is 21.4 Å². The van der Waals surface area contributed by atoms with Crippen molar-refractivity contribution in [3.63, 3.8) is 0 Å². The van der Waals surface area contributed by atoms with Gasteiger partial charge in [0, 0.05) is 32.2 Å². The van der Waals surface area contributed by atoms with Gasteiger partial charge in [-0.25, -0.2) is 19.9 Å². The molecule has 0 aliphatic carbocycles. The number of aromatic nitrogens is 5. The highest BCUT2D eigenvalue weighted by Gasteiger charge is 2.19. The summed E-state index contributed by atoms with van der Waals surface area (Å²) < 4.78 is 4.80. The van der Waals surface area contributed by atoms with E-state index in [0.717, 1.165) is 55.4 Å². The van der Waals surface area contributed by atoms with Crippen LogP contribution in [0.25, 0.3) is 125 Å². The van der Waals surface area contributed by atoms with Gasteiger partial charge in [-0.3, -0.25) is 4.40 Å². The quantitative estimate of drug-likeness (QED) is 0.167. The molecule has 13 rings (SSSR count). The molecule has 6 heteroatoms. The van der Waals surface area contributed by atoms with Gasteiger partial charge in [0.2, 0.25) is 0 Å². The zero-order valence-electron chi connectivity index (χ0n) is 32.0. The summed E-state index contributed by atoms with van der Waals surface area (Å²) in [6, 6.07) is 67.0. The molecule has 0 saturated heterocycles. The summed E-state index contributed by atoms with van der Waals surface area (Å²) in [5, 5.41) is 11.9. The van der Waals surface area contributed by atoms with Crippen LogP contribution in [-0.2, 0) is 0 Å². The van der Waals surface area contributed by atoms with Gasteiger partial charge in [-0.2, -0.15) is 0 Å². The van der Waals surface area contributed by atoms with Crippen molar-refractivity contribution >= 4 is 91.3 Å². The van der Waals surface area contributed by atoms with Gasteiger partial charge in [0.15, 0.2) is 23.1 Å². The minimum Gasteiger partial charge on any atom is -0.291 e. The number of pyridine rings is 1. The predicted molar refractivity (Wildman–Crippen MR) is 251 cm³/mol. The molecule has 0 radical (unpaired) electrons. The van der Waals surface area contributed by atoms with E-state index in [1.807, 2.05) is 11.3 Å². The molecule has 5 nitrogen and oxygen atoms in total. The lowest BCUT2D eigenvalue weighted by atomic mass is 10.0. The molecular formula is C54H31N5S. The van der Waals surface area contributed by atoms with Crippen LogP contribution in [-0.4, -0.2) is 24.3 Å². The number of nitrogens with zero attached hydrogens (tertiary/aromatic N) is 5. The zero-order valence-corrected chi connectivity index (χ0v) is 32.9. The summed E-state index contributed by atoms with van der Waals surface area (Å²) in [6.45, 7) is 0. The molecule has 4 heterocycles. The van der Waals surface area contributed by atoms with Crippen LogP contribution < -0.4 is 0 Å². The first-order chi connectivity index (χ1) is 29.7. The van der Waals surface area contributed by atoms with Crippen molar-refractivity contribution in [1.29, 1.82) is 0 Å². The Morgan fingerprint density at radius 3 is 1.48 bits per heavy atom. The number of fused-ring (bicyclic) bond motifs is 11. The number of benzene rings is 9. The van der Waals surface area contributed by atoms with E-state index in [1.165, 1.54) is 52.5 Å². The topological polar surface area (TPSA) is 56.0 Å². The predicted octanol–water partition coefficient (Wildman–Crippen LogP) is 14.3. The molecule has 0 atom stereocenters. The highest BCUT2D eigenvalue weighted by atomic mass is 32.1. The maximum absolute atomic E-state index is 5.38. The second kappa shape index (κ2) is 12.9. The van der Waals surface area contributed by atoms with E-state index in [1.54, 1.807) is 0 Å². The molecule has 0 amide bonds. The summed E-state index contributed by atoms with van der Waals surface area (Å²) in [4.78, 5) is 20.7. The molecule has 0 fully saturated rings. The maximum atomic E-state index is 5.38. The molecule has 0 spiro atoms. The second-order valence-electron chi connectivity index (χ2n) is 15.5. The van der Waals surface area contributed by atoms with Gasteiger partial charge in [-0.05, 0) is 97.2 Å². The first-order valence-corrected chi connectivity index (χ1v) is 20.9. The van der Waals surface area contributed by atoms with Crippen molar-refractivity contribution in [1.82, 2.24) is 24.3 Å². The second-order valence-corrected chi connectivity index (χ2v) is 16.6. The first kappa shape index (κ1) is 33.2. The molecule has 0 aliphatic rings. The zero-order chi connectivity index (χ0) is 39.3. The monoisotopic (exact) mass is 781 g/mol. The van der Waals surface area contributed by atoms with Gasteiger partial charge >= 0.3 is 0 Å². The molecule has 0 aliphatic heterocycles. The molecule has 4 aromatic heterocycles.